The molecule has 2 aromatic heterocycles. The summed E-state index contributed by atoms with van der Waals surface area (Å²) in [6.45, 7) is 4.27. The van der Waals surface area contributed by atoms with Gasteiger partial charge in [0.15, 0.2) is 5.82 Å². The smallest absolute Gasteiger partial charge is 0.255 e. The topological polar surface area (TPSA) is 67.8 Å². The summed E-state index contributed by atoms with van der Waals surface area (Å²) in [5.41, 5.74) is 4.02. The molecule has 8 heteroatoms. The van der Waals surface area contributed by atoms with Crippen molar-refractivity contribution < 1.29 is 4.79 Å². The van der Waals surface area contributed by atoms with E-state index in [1.54, 1.807) is 25.1 Å². The predicted octanol–water partition coefficient (Wildman–Crippen LogP) is 6.55. The molecule has 0 radical (unpaired) electrons. The number of carbonyl (C=O) groups excluding carboxylic acids is 1. The average Bonchev–Trinajstić information content (AvgIpc) is 3.22. The van der Waals surface area contributed by atoms with Crippen LogP contribution in [0.5, 0.6) is 0 Å². The zero-order valence-electron chi connectivity index (χ0n) is 18.2. The summed E-state index contributed by atoms with van der Waals surface area (Å²) in [5, 5.41) is 6.77. The lowest BCUT2D eigenvalue weighted by atomic mass is 10.0. The largest absolute Gasteiger partial charge is 0.352 e. The Kier molecular flexibility index (Phi) is 7.38. The molecule has 2 aromatic carbocycles. The second-order valence-corrected chi connectivity index (χ2v) is 9.55. The van der Waals surface area contributed by atoms with Crippen LogP contribution in [0.3, 0.4) is 0 Å². The number of halogens is 2. The van der Waals surface area contributed by atoms with Gasteiger partial charge in [-0.3, -0.25) is 4.79 Å². The van der Waals surface area contributed by atoms with Crippen LogP contribution in [-0.4, -0.2) is 27.4 Å². The van der Waals surface area contributed by atoms with Crippen LogP contribution in [0.2, 0.25) is 10.0 Å². The van der Waals surface area contributed by atoms with Gasteiger partial charge in [0.05, 0.1) is 22.0 Å². The normalized spacial score (nSPS) is 10.9. The van der Waals surface area contributed by atoms with Crippen LogP contribution in [0, 0.1) is 13.8 Å². The summed E-state index contributed by atoms with van der Waals surface area (Å²) in [6, 6.07) is 15.3. The van der Waals surface area contributed by atoms with Crippen LogP contribution in [0.4, 0.5) is 0 Å². The fraction of sp³-hybridized carbons (Fsp3) is 0.200. The van der Waals surface area contributed by atoms with Crippen LogP contribution < -0.4 is 5.32 Å². The fourth-order valence-electron chi connectivity index (χ4n) is 3.55. The molecule has 0 aliphatic rings. The van der Waals surface area contributed by atoms with Crippen molar-refractivity contribution >= 4 is 40.4 Å². The average molecular weight is 497 g/mol. The van der Waals surface area contributed by atoms with Gasteiger partial charge in [0.1, 0.15) is 5.69 Å². The summed E-state index contributed by atoms with van der Waals surface area (Å²) in [5.74, 6) is 0.233. The Bertz CT molecular complexity index is 1270. The summed E-state index contributed by atoms with van der Waals surface area (Å²) in [4.78, 5) is 27.0. The van der Waals surface area contributed by atoms with E-state index in [2.05, 4.69) is 27.4 Å². The number of nitrogens with zero attached hydrogens (tertiary/aromatic N) is 3. The van der Waals surface area contributed by atoms with Gasteiger partial charge in [0.25, 0.3) is 5.91 Å². The van der Waals surface area contributed by atoms with Gasteiger partial charge < -0.3 is 5.32 Å². The minimum absolute atomic E-state index is 0.229. The molecule has 0 unspecified atom stereocenters. The molecular weight excluding hydrogens is 475 g/mol. The highest BCUT2D eigenvalue weighted by atomic mass is 35.5. The first-order valence-electron chi connectivity index (χ1n) is 10.5. The van der Waals surface area contributed by atoms with Gasteiger partial charge in [-0.15, -0.1) is 11.3 Å². The number of rotatable bonds is 7. The maximum absolute atomic E-state index is 13.2. The number of hydrogen-bond acceptors (Lipinski definition) is 5. The molecule has 0 spiro atoms. The monoisotopic (exact) mass is 496 g/mol. The van der Waals surface area contributed by atoms with Crippen LogP contribution in [0.25, 0.3) is 22.8 Å². The van der Waals surface area contributed by atoms with Crippen LogP contribution in [-0.2, 0) is 6.42 Å². The molecule has 0 aliphatic carbocycles. The molecule has 33 heavy (non-hydrogen) atoms. The van der Waals surface area contributed by atoms with Gasteiger partial charge >= 0.3 is 0 Å². The van der Waals surface area contributed by atoms with Gasteiger partial charge in [-0.1, -0.05) is 53.5 Å². The van der Waals surface area contributed by atoms with Crippen LogP contribution in [0.1, 0.15) is 33.0 Å². The molecule has 168 valence electrons. The van der Waals surface area contributed by atoms with Crippen molar-refractivity contribution in [2.75, 3.05) is 6.54 Å². The zero-order valence-corrected chi connectivity index (χ0v) is 20.6. The zero-order chi connectivity index (χ0) is 23.4. The quantitative estimate of drug-likeness (QED) is 0.294. The van der Waals surface area contributed by atoms with E-state index in [0.717, 1.165) is 17.8 Å². The van der Waals surface area contributed by atoms with E-state index in [1.807, 2.05) is 30.5 Å². The Morgan fingerprint density at radius 2 is 1.73 bits per heavy atom. The lowest BCUT2D eigenvalue weighted by Gasteiger charge is -2.14. The Labute approximate surface area is 206 Å². The minimum atomic E-state index is -0.229. The summed E-state index contributed by atoms with van der Waals surface area (Å²) in [7, 11) is 0. The molecule has 4 rings (SSSR count). The number of carbonyl (C=O) groups is 1. The van der Waals surface area contributed by atoms with Crippen molar-refractivity contribution in [2.24, 2.45) is 0 Å². The summed E-state index contributed by atoms with van der Waals surface area (Å²) < 4.78 is 0. The van der Waals surface area contributed by atoms with Crippen LogP contribution >= 0.6 is 34.5 Å². The van der Waals surface area contributed by atoms with E-state index in [0.29, 0.717) is 50.6 Å². The summed E-state index contributed by atoms with van der Waals surface area (Å²) >= 11 is 14.0. The first kappa shape index (κ1) is 23.4. The Balaban J connectivity index is 1.64. The molecule has 5 nitrogen and oxygen atoms in total. The van der Waals surface area contributed by atoms with E-state index in [9.17, 15) is 4.79 Å². The molecule has 0 atom stereocenters. The third kappa shape index (κ3) is 5.77. The van der Waals surface area contributed by atoms with E-state index in [4.69, 9.17) is 28.2 Å². The van der Waals surface area contributed by atoms with Crippen molar-refractivity contribution in [1.29, 1.82) is 0 Å². The maximum Gasteiger partial charge on any atom is 0.255 e. The number of thiazole rings is 1. The number of benzene rings is 2. The molecule has 0 saturated carbocycles. The highest BCUT2D eigenvalue weighted by Crippen LogP contribution is 2.31. The number of amides is 1. The van der Waals surface area contributed by atoms with E-state index in [1.165, 1.54) is 16.9 Å². The van der Waals surface area contributed by atoms with Crippen LogP contribution in [0.15, 0.2) is 53.9 Å². The highest BCUT2D eigenvalue weighted by Gasteiger charge is 2.22. The van der Waals surface area contributed by atoms with Gasteiger partial charge in [0, 0.05) is 27.5 Å². The third-order valence-corrected chi connectivity index (χ3v) is 6.28. The van der Waals surface area contributed by atoms with Crippen molar-refractivity contribution in [3.05, 3.63) is 85.8 Å². The van der Waals surface area contributed by atoms with Gasteiger partial charge in [-0.05, 0) is 50.5 Å². The maximum atomic E-state index is 13.2. The standard InChI is InChI=1S/C25H22Cl2N4OS/c1-15-22(25(32)28-10-6-9-17-7-4-3-5-8-17)23(18-11-19(26)13-20(27)12-18)31-24(29-15)21-14-33-16(2)30-21/h3-5,7-8,11-14H,6,9-10H2,1-2H3,(H,28,32). The SMILES string of the molecule is Cc1nc(-c2nc(C)c(C(=O)NCCCc3ccccc3)c(-c3cc(Cl)cc(Cl)c3)n2)cs1. The second kappa shape index (κ2) is 10.4. The Morgan fingerprint density at radius 1 is 1.00 bits per heavy atom. The number of nitrogens with one attached hydrogen (secondary N) is 1. The molecular formula is C25H22Cl2N4OS. The van der Waals surface area contributed by atoms with Gasteiger partial charge in [-0.25, -0.2) is 15.0 Å². The molecule has 0 saturated heterocycles. The molecule has 1 amide bonds. The number of hydrogen-bond donors (Lipinski definition) is 1. The summed E-state index contributed by atoms with van der Waals surface area (Å²) in [6.07, 6.45) is 1.71. The predicted molar refractivity (Wildman–Crippen MR) is 135 cm³/mol. The Hall–Kier alpha value is -2.80. The number of aryl methyl sites for hydroxylation is 3. The molecule has 0 aliphatic heterocycles. The Morgan fingerprint density at radius 3 is 2.39 bits per heavy atom. The lowest BCUT2D eigenvalue weighted by Crippen LogP contribution is -2.27. The molecule has 2 heterocycles. The first-order chi connectivity index (χ1) is 15.9. The lowest BCUT2D eigenvalue weighted by molar-refractivity contribution is 0.0952. The van der Waals surface area contributed by atoms with Crippen molar-refractivity contribution in [2.45, 2.75) is 26.7 Å². The van der Waals surface area contributed by atoms with E-state index < -0.39 is 0 Å². The van der Waals surface area contributed by atoms with Crippen molar-refractivity contribution in [3.63, 3.8) is 0 Å². The van der Waals surface area contributed by atoms with Gasteiger partial charge in [-0.2, -0.15) is 0 Å². The molecule has 0 bridgehead atoms. The molecule has 0 fully saturated rings. The number of aromatic nitrogens is 3. The van der Waals surface area contributed by atoms with Crippen molar-refractivity contribution in [3.8, 4) is 22.8 Å². The van der Waals surface area contributed by atoms with E-state index in [-0.39, 0.29) is 5.91 Å². The van der Waals surface area contributed by atoms with Gasteiger partial charge in [0.2, 0.25) is 0 Å². The van der Waals surface area contributed by atoms with Crippen molar-refractivity contribution in [1.82, 2.24) is 20.3 Å². The highest BCUT2D eigenvalue weighted by molar-refractivity contribution is 7.09. The molecule has 1 N–H and O–H groups in total. The first-order valence-corrected chi connectivity index (χ1v) is 12.1. The minimum Gasteiger partial charge on any atom is -0.352 e. The fourth-order valence-corrected chi connectivity index (χ4v) is 4.67. The molecule has 4 aromatic rings. The van der Waals surface area contributed by atoms with E-state index >= 15 is 0 Å². The second-order valence-electron chi connectivity index (χ2n) is 7.61. The third-order valence-electron chi connectivity index (χ3n) is 5.07.